The van der Waals surface area contributed by atoms with Crippen LogP contribution in [0.2, 0.25) is 0 Å². The molecule has 2 aromatic heterocycles. The summed E-state index contributed by atoms with van der Waals surface area (Å²) < 4.78 is 12.4. The van der Waals surface area contributed by atoms with Crippen molar-refractivity contribution in [3.05, 3.63) is 47.5 Å². The Morgan fingerprint density at radius 1 is 1.31 bits per heavy atom. The monoisotopic (exact) mass is 354 g/mol. The smallest absolute Gasteiger partial charge is 0.272 e. The van der Waals surface area contributed by atoms with Gasteiger partial charge in [0.2, 0.25) is 0 Å². The summed E-state index contributed by atoms with van der Waals surface area (Å²) >= 11 is 0. The summed E-state index contributed by atoms with van der Waals surface area (Å²) in [6.45, 7) is 4.55. The number of hydrogen-bond acceptors (Lipinski definition) is 5. The number of para-hydroxylation sites is 1. The predicted octanol–water partition coefficient (Wildman–Crippen LogP) is 2.69. The Kier molecular flexibility index (Phi) is 4.71. The zero-order chi connectivity index (χ0) is 17.9. The molecule has 26 heavy (non-hydrogen) atoms. The van der Waals surface area contributed by atoms with E-state index in [9.17, 15) is 4.79 Å². The van der Waals surface area contributed by atoms with Crippen LogP contribution in [-0.2, 0) is 17.8 Å². The van der Waals surface area contributed by atoms with Gasteiger partial charge in [-0.3, -0.25) is 9.48 Å². The first kappa shape index (κ1) is 16.8. The average molecular weight is 354 g/mol. The number of aromatic nitrogens is 3. The number of aryl methyl sites for hydroxylation is 1. The molecule has 7 heteroatoms. The molecule has 0 bridgehead atoms. The Bertz CT molecular complexity index is 909. The molecule has 1 aliphatic heterocycles. The van der Waals surface area contributed by atoms with E-state index in [1.807, 2.05) is 41.9 Å². The number of rotatable bonds is 5. The Morgan fingerprint density at radius 2 is 2.12 bits per heavy atom. The highest BCUT2D eigenvalue weighted by molar-refractivity contribution is 6.04. The third kappa shape index (κ3) is 3.48. The summed E-state index contributed by atoms with van der Waals surface area (Å²) in [5.41, 5.74) is 2.14. The van der Waals surface area contributed by atoms with Crippen molar-refractivity contribution in [2.24, 2.45) is 5.92 Å². The molecule has 0 saturated carbocycles. The molecule has 136 valence electrons. The van der Waals surface area contributed by atoms with Gasteiger partial charge < -0.3 is 14.6 Å². The van der Waals surface area contributed by atoms with E-state index >= 15 is 0 Å². The van der Waals surface area contributed by atoms with Crippen LogP contribution in [0, 0.1) is 12.8 Å². The lowest BCUT2D eigenvalue weighted by Gasteiger charge is -2.22. The van der Waals surface area contributed by atoms with Gasteiger partial charge in [-0.2, -0.15) is 5.10 Å². The molecule has 3 aromatic rings. The summed E-state index contributed by atoms with van der Waals surface area (Å²) in [6, 6.07) is 9.67. The number of hydrogen-bond donors (Lipinski definition) is 1. The molecule has 1 fully saturated rings. The third-order valence-corrected chi connectivity index (χ3v) is 4.75. The number of carbonyl (C=O) groups excluding carboxylic acids is 1. The first-order valence-corrected chi connectivity index (χ1v) is 8.94. The van der Waals surface area contributed by atoms with Gasteiger partial charge in [0.05, 0.1) is 12.1 Å². The van der Waals surface area contributed by atoms with Crippen LogP contribution in [0.15, 0.2) is 34.9 Å². The van der Waals surface area contributed by atoms with E-state index < -0.39 is 0 Å². The quantitative estimate of drug-likeness (QED) is 0.762. The minimum Gasteiger partial charge on any atom is -0.381 e. The largest absolute Gasteiger partial charge is 0.381 e. The van der Waals surface area contributed by atoms with Crippen LogP contribution in [0.5, 0.6) is 0 Å². The van der Waals surface area contributed by atoms with Crippen molar-refractivity contribution in [3.8, 4) is 0 Å². The van der Waals surface area contributed by atoms with Crippen molar-refractivity contribution in [2.45, 2.75) is 32.9 Å². The summed E-state index contributed by atoms with van der Waals surface area (Å²) in [7, 11) is 0. The second kappa shape index (κ2) is 7.29. The van der Waals surface area contributed by atoms with E-state index in [4.69, 9.17) is 9.26 Å². The second-order valence-electron chi connectivity index (χ2n) is 6.72. The van der Waals surface area contributed by atoms with Crippen molar-refractivity contribution in [2.75, 3.05) is 13.2 Å². The SMILES string of the molecule is Cc1cc(CNC(=O)c2nn(CC3CCOCC3)c3ccccc23)no1. The highest BCUT2D eigenvalue weighted by Gasteiger charge is 2.20. The first-order valence-electron chi connectivity index (χ1n) is 8.94. The summed E-state index contributed by atoms with van der Waals surface area (Å²) in [6.07, 6.45) is 2.06. The van der Waals surface area contributed by atoms with Gasteiger partial charge in [0.1, 0.15) is 11.5 Å². The maximum atomic E-state index is 12.7. The fourth-order valence-electron chi connectivity index (χ4n) is 3.36. The van der Waals surface area contributed by atoms with Crippen LogP contribution in [0.4, 0.5) is 0 Å². The van der Waals surface area contributed by atoms with Crippen LogP contribution in [0.3, 0.4) is 0 Å². The number of ether oxygens (including phenoxy) is 1. The summed E-state index contributed by atoms with van der Waals surface area (Å²) in [4.78, 5) is 12.7. The van der Waals surface area contributed by atoms with Gasteiger partial charge >= 0.3 is 0 Å². The number of nitrogens with zero attached hydrogens (tertiary/aromatic N) is 3. The number of nitrogens with one attached hydrogen (secondary N) is 1. The standard InChI is InChI=1S/C19H22N4O3/c1-13-10-15(22-26-13)11-20-19(24)18-16-4-2-3-5-17(16)23(21-18)12-14-6-8-25-9-7-14/h2-5,10,14H,6-9,11-12H2,1H3,(H,20,24). The molecule has 3 heterocycles. The lowest BCUT2D eigenvalue weighted by atomic mass is 10.0. The van der Waals surface area contributed by atoms with E-state index in [0.29, 0.717) is 23.9 Å². The fraction of sp³-hybridized carbons (Fsp3) is 0.421. The van der Waals surface area contributed by atoms with Crippen LogP contribution in [0.25, 0.3) is 10.9 Å². The van der Waals surface area contributed by atoms with E-state index in [0.717, 1.165) is 49.3 Å². The van der Waals surface area contributed by atoms with Crippen molar-refractivity contribution >= 4 is 16.8 Å². The average Bonchev–Trinajstić information content (AvgIpc) is 3.25. The molecule has 0 radical (unpaired) electrons. The minimum atomic E-state index is -0.201. The number of benzene rings is 1. The fourth-order valence-corrected chi connectivity index (χ4v) is 3.36. The van der Waals surface area contributed by atoms with Crippen molar-refractivity contribution in [1.82, 2.24) is 20.3 Å². The van der Waals surface area contributed by atoms with Gasteiger partial charge in [0, 0.05) is 31.2 Å². The Morgan fingerprint density at radius 3 is 2.88 bits per heavy atom. The second-order valence-corrected chi connectivity index (χ2v) is 6.72. The van der Waals surface area contributed by atoms with Gasteiger partial charge in [-0.25, -0.2) is 0 Å². The third-order valence-electron chi connectivity index (χ3n) is 4.75. The number of fused-ring (bicyclic) bond motifs is 1. The highest BCUT2D eigenvalue weighted by atomic mass is 16.5. The van der Waals surface area contributed by atoms with E-state index in [1.54, 1.807) is 0 Å². The van der Waals surface area contributed by atoms with Crippen LogP contribution < -0.4 is 5.32 Å². The van der Waals surface area contributed by atoms with Crippen LogP contribution >= 0.6 is 0 Å². The van der Waals surface area contributed by atoms with Gasteiger partial charge in [-0.05, 0) is 31.7 Å². The highest BCUT2D eigenvalue weighted by Crippen LogP contribution is 2.23. The maximum Gasteiger partial charge on any atom is 0.272 e. The molecular formula is C19H22N4O3. The lowest BCUT2D eigenvalue weighted by molar-refractivity contribution is 0.0604. The zero-order valence-electron chi connectivity index (χ0n) is 14.8. The molecular weight excluding hydrogens is 332 g/mol. The molecule has 0 spiro atoms. The van der Waals surface area contributed by atoms with E-state index in [2.05, 4.69) is 15.6 Å². The molecule has 1 saturated heterocycles. The van der Waals surface area contributed by atoms with Gasteiger partial charge in [0.25, 0.3) is 5.91 Å². The Balaban J connectivity index is 1.55. The number of amides is 1. The molecule has 0 atom stereocenters. The number of carbonyl (C=O) groups is 1. The minimum absolute atomic E-state index is 0.201. The van der Waals surface area contributed by atoms with Crippen LogP contribution in [0.1, 0.15) is 34.8 Å². The summed E-state index contributed by atoms with van der Waals surface area (Å²) in [5, 5.41) is 12.3. The van der Waals surface area contributed by atoms with Gasteiger partial charge in [0.15, 0.2) is 5.69 Å². The topological polar surface area (TPSA) is 82.2 Å². The van der Waals surface area contributed by atoms with Gasteiger partial charge in [-0.1, -0.05) is 23.4 Å². The Labute approximate surface area is 151 Å². The molecule has 4 rings (SSSR count). The predicted molar refractivity (Wildman–Crippen MR) is 95.7 cm³/mol. The molecule has 1 N–H and O–H groups in total. The lowest BCUT2D eigenvalue weighted by Crippen LogP contribution is -2.24. The molecule has 0 unspecified atom stereocenters. The molecule has 1 amide bonds. The van der Waals surface area contributed by atoms with Crippen molar-refractivity contribution < 1.29 is 14.1 Å². The first-order chi connectivity index (χ1) is 12.7. The van der Waals surface area contributed by atoms with E-state index in [1.165, 1.54) is 0 Å². The van der Waals surface area contributed by atoms with Gasteiger partial charge in [-0.15, -0.1) is 0 Å². The van der Waals surface area contributed by atoms with Crippen LogP contribution in [-0.4, -0.2) is 34.1 Å². The maximum absolute atomic E-state index is 12.7. The molecule has 1 aliphatic rings. The Hall–Kier alpha value is -2.67. The zero-order valence-corrected chi connectivity index (χ0v) is 14.8. The van der Waals surface area contributed by atoms with Crippen molar-refractivity contribution in [3.63, 3.8) is 0 Å². The molecule has 7 nitrogen and oxygen atoms in total. The van der Waals surface area contributed by atoms with Crippen molar-refractivity contribution in [1.29, 1.82) is 0 Å². The molecule has 1 aromatic carbocycles. The molecule has 0 aliphatic carbocycles. The summed E-state index contributed by atoms with van der Waals surface area (Å²) in [5.74, 6) is 1.05. The van der Waals surface area contributed by atoms with E-state index in [-0.39, 0.29) is 5.91 Å². The normalized spacial score (nSPS) is 15.4.